The normalized spacial score (nSPS) is 16.1. The Morgan fingerprint density at radius 1 is 1.19 bits per heavy atom. The van der Waals surface area contributed by atoms with Gasteiger partial charge in [-0.2, -0.15) is 0 Å². The fourth-order valence-corrected chi connectivity index (χ4v) is 3.95. The van der Waals surface area contributed by atoms with Gasteiger partial charge in [0.25, 0.3) is 0 Å². The molecule has 0 bridgehead atoms. The maximum absolute atomic E-state index is 13.7. The number of rotatable bonds is 5. The van der Waals surface area contributed by atoms with Crippen LogP contribution in [0.3, 0.4) is 0 Å². The molecule has 0 radical (unpaired) electrons. The van der Waals surface area contributed by atoms with E-state index in [2.05, 4.69) is 0 Å². The summed E-state index contributed by atoms with van der Waals surface area (Å²) in [5, 5.41) is 9.19. The molecule has 2 aromatic rings. The molecule has 1 N–H and O–H groups in total. The fourth-order valence-electron chi connectivity index (χ4n) is 3.18. The Morgan fingerprint density at radius 2 is 1.88 bits per heavy atom. The van der Waals surface area contributed by atoms with E-state index in [1.165, 1.54) is 12.1 Å². The minimum atomic E-state index is -0.998. The van der Waals surface area contributed by atoms with Crippen molar-refractivity contribution in [2.45, 2.75) is 25.2 Å². The van der Waals surface area contributed by atoms with E-state index in [9.17, 15) is 18.8 Å². The molecule has 3 rings (SSSR count). The number of halogens is 1. The van der Waals surface area contributed by atoms with Crippen LogP contribution in [0.2, 0.25) is 0 Å². The summed E-state index contributed by atoms with van der Waals surface area (Å²) < 4.78 is 25.5. The first-order chi connectivity index (χ1) is 12.4. The summed E-state index contributed by atoms with van der Waals surface area (Å²) in [5.74, 6) is -0.756. The van der Waals surface area contributed by atoms with Crippen LogP contribution < -0.4 is 0 Å². The van der Waals surface area contributed by atoms with Crippen LogP contribution in [-0.2, 0) is 16.0 Å². The van der Waals surface area contributed by atoms with E-state index in [-0.39, 0.29) is 12.2 Å². The van der Waals surface area contributed by atoms with E-state index in [1.807, 2.05) is 44.2 Å². The molecule has 134 valence electrons. The van der Waals surface area contributed by atoms with E-state index in [4.69, 9.17) is 0 Å². The quantitative estimate of drug-likeness (QED) is 0.772. The average molecular weight is 370 g/mol. The van der Waals surface area contributed by atoms with Gasteiger partial charge in [-0.3, -0.25) is 4.79 Å². The van der Waals surface area contributed by atoms with E-state index in [0.717, 1.165) is 27.2 Å². The lowest BCUT2D eigenvalue weighted by Gasteiger charge is -2.08. The van der Waals surface area contributed by atoms with Gasteiger partial charge in [0.1, 0.15) is 11.6 Å². The van der Waals surface area contributed by atoms with Crippen LogP contribution in [0.15, 0.2) is 52.9 Å². The van der Waals surface area contributed by atoms with Crippen molar-refractivity contribution >= 4 is 34.4 Å². The van der Waals surface area contributed by atoms with Gasteiger partial charge >= 0.3 is 5.97 Å². The highest BCUT2D eigenvalue weighted by atomic mass is 32.2. The number of carboxylic acid groups (broad SMARTS) is 1. The number of hydrogen-bond donors (Lipinski definition) is 1. The third-order valence-corrected chi connectivity index (χ3v) is 5.82. The number of carbonyl (C=O) groups is 1. The smallest absolute Gasteiger partial charge is 0.307 e. The molecule has 1 atom stereocenters. The topological polar surface area (TPSA) is 60.4 Å². The predicted octanol–water partition coefficient (Wildman–Crippen LogP) is 4.76. The Labute approximate surface area is 155 Å². The van der Waals surface area contributed by atoms with Crippen molar-refractivity contribution in [2.24, 2.45) is 0 Å². The standard InChI is InChI=1S/C21H19FO3S/c1-3-26(25)16-7-4-14(5-8-16)10-18-13(2)19(12-21(23)24)20-11-15(22)6-9-17(18)20/h4-11H,3,12H2,1-2H3,(H,23,24)/b18-10+. The first-order valence-corrected chi connectivity index (χ1v) is 9.65. The van der Waals surface area contributed by atoms with Crippen molar-refractivity contribution in [1.29, 1.82) is 0 Å². The Morgan fingerprint density at radius 3 is 2.50 bits per heavy atom. The zero-order valence-electron chi connectivity index (χ0n) is 14.6. The molecule has 2 aromatic carbocycles. The Hall–Kier alpha value is -2.37. The first kappa shape index (κ1) is 18.4. The van der Waals surface area contributed by atoms with Gasteiger partial charge in [0.2, 0.25) is 0 Å². The number of carboxylic acids is 1. The maximum atomic E-state index is 13.7. The summed E-state index contributed by atoms with van der Waals surface area (Å²) in [5.41, 5.74) is 4.76. The molecule has 1 unspecified atom stereocenters. The third kappa shape index (κ3) is 3.59. The SMILES string of the molecule is CC[S+]([O-])c1ccc(/C=C2\C(C)=C(CC(=O)O)c3cc(F)ccc32)cc1. The molecule has 0 saturated carbocycles. The summed E-state index contributed by atoms with van der Waals surface area (Å²) in [6, 6.07) is 11.9. The van der Waals surface area contributed by atoms with Gasteiger partial charge in [0, 0.05) is 0 Å². The van der Waals surface area contributed by atoms with Crippen molar-refractivity contribution < 1.29 is 18.8 Å². The van der Waals surface area contributed by atoms with Gasteiger partial charge in [0.15, 0.2) is 4.90 Å². The summed E-state index contributed by atoms with van der Waals surface area (Å²) >= 11 is -0.998. The number of aliphatic carboxylic acids is 1. The van der Waals surface area contributed by atoms with Crippen molar-refractivity contribution in [2.75, 3.05) is 5.75 Å². The summed E-state index contributed by atoms with van der Waals surface area (Å²) in [7, 11) is 0. The molecule has 0 aliphatic heterocycles. The highest BCUT2D eigenvalue weighted by Gasteiger charge is 2.25. The molecule has 0 fully saturated rings. The van der Waals surface area contributed by atoms with E-state index in [0.29, 0.717) is 16.9 Å². The summed E-state index contributed by atoms with van der Waals surface area (Å²) in [6.45, 7) is 3.74. The molecule has 0 aromatic heterocycles. The van der Waals surface area contributed by atoms with Crippen molar-refractivity contribution in [3.63, 3.8) is 0 Å². The van der Waals surface area contributed by atoms with E-state index in [1.54, 1.807) is 6.07 Å². The molecule has 26 heavy (non-hydrogen) atoms. The van der Waals surface area contributed by atoms with Crippen LogP contribution in [-0.4, -0.2) is 21.4 Å². The Kier molecular flexibility index (Phi) is 5.30. The minimum Gasteiger partial charge on any atom is -0.611 e. The summed E-state index contributed by atoms with van der Waals surface area (Å²) in [6.07, 6.45) is 1.81. The Balaban J connectivity index is 2.05. The molecule has 1 aliphatic rings. The van der Waals surface area contributed by atoms with E-state index >= 15 is 0 Å². The van der Waals surface area contributed by atoms with Crippen molar-refractivity contribution in [3.8, 4) is 0 Å². The maximum Gasteiger partial charge on any atom is 0.307 e. The van der Waals surface area contributed by atoms with Crippen LogP contribution >= 0.6 is 0 Å². The molecule has 0 saturated heterocycles. The van der Waals surface area contributed by atoms with E-state index < -0.39 is 17.1 Å². The molecule has 1 aliphatic carbocycles. The molecule has 5 heteroatoms. The third-order valence-electron chi connectivity index (χ3n) is 4.50. The predicted molar refractivity (Wildman–Crippen MR) is 103 cm³/mol. The van der Waals surface area contributed by atoms with Gasteiger partial charge in [-0.1, -0.05) is 6.07 Å². The van der Waals surface area contributed by atoms with Crippen LogP contribution in [0.4, 0.5) is 4.39 Å². The molecule has 0 amide bonds. The second kappa shape index (κ2) is 7.48. The number of allylic oxidation sites excluding steroid dienone is 2. The number of benzene rings is 2. The molecular formula is C21H19FO3S. The van der Waals surface area contributed by atoms with Gasteiger partial charge in [-0.05, 0) is 101 Å². The monoisotopic (exact) mass is 370 g/mol. The van der Waals surface area contributed by atoms with Gasteiger partial charge in [-0.15, -0.1) is 0 Å². The highest BCUT2D eigenvalue weighted by Crippen LogP contribution is 2.43. The van der Waals surface area contributed by atoms with Gasteiger partial charge < -0.3 is 9.66 Å². The number of fused-ring (bicyclic) bond motifs is 1. The minimum absolute atomic E-state index is 0.145. The zero-order valence-corrected chi connectivity index (χ0v) is 15.4. The van der Waals surface area contributed by atoms with Crippen LogP contribution in [0, 0.1) is 5.82 Å². The van der Waals surface area contributed by atoms with Gasteiger partial charge in [0.05, 0.1) is 6.42 Å². The van der Waals surface area contributed by atoms with Crippen LogP contribution in [0.5, 0.6) is 0 Å². The molecule has 3 nitrogen and oxygen atoms in total. The van der Waals surface area contributed by atoms with Gasteiger partial charge in [-0.25, -0.2) is 4.39 Å². The lowest BCUT2D eigenvalue weighted by Crippen LogP contribution is -2.03. The lowest BCUT2D eigenvalue weighted by molar-refractivity contribution is -0.135. The Bertz CT molecular complexity index is 913. The van der Waals surface area contributed by atoms with Crippen molar-refractivity contribution in [3.05, 3.63) is 70.5 Å². The average Bonchev–Trinajstić information content (AvgIpc) is 2.86. The van der Waals surface area contributed by atoms with Crippen LogP contribution in [0.1, 0.15) is 37.0 Å². The van der Waals surface area contributed by atoms with Crippen molar-refractivity contribution in [1.82, 2.24) is 0 Å². The largest absolute Gasteiger partial charge is 0.611 e. The second-order valence-electron chi connectivity index (χ2n) is 6.13. The second-order valence-corrected chi connectivity index (χ2v) is 7.87. The van der Waals surface area contributed by atoms with Crippen LogP contribution in [0.25, 0.3) is 17.2 Å². The number of hydrogen-bond acceptors (Lipinski definition) is 2. The summed E-state index contributed by atoms with van der Waals surface area (Å²) in [4.78, 5) is 12.0. The fraction of sp³-hybridized carbons (Fsp3) is 0.190. The highest BCUT2D eigenvalue weighted by molar-refractivity contribution is 7.91. The first-order valence-electron chi connectivity index (χ1n) is 8.33. The molecule has 0 heterocycles. The molecule has 0 spiro atoms. The molecular weight excluding hydrogens is 351 g/mol. The lowest BCUT2D eigenvalue weighted by atomic mass is 10.0. The zero-order chi connectivity index (χ0) is 18.8.